The maximum atomic E-state index is 12.8. The average molecular weight is 424 g/mol. The third-order valence-corrected chi connectivity index (χ3v) is 5.19. The summed E-state index contributed by atoms with van der Waals surface area (Å²) in [6.45, 7) is 0.187. The number of benzene rings is 4. The summed E-state index contributed by atoms with van der Waals surface area (Å²) in [6, 6.07) is 17.4. The minimum Gasteiger partial charge on any atom is -0.508 e. The minimum absolute atomic E-state index is 0.0255. The number of halogens is 3. The van der Waals surface area contributed by atoms with Crippen molar-refractivity contribution in [1.82, 2.24) is 0 Å². The van der Waals surface area contributed by atoms with Crippen LogP contribution in [0.2, 0.25) is 0 Å². The van der Waals surface area contributed by atoms with Gasteiger partial charge in [0.2, 0.25) is 0 Å². The lowest BCUT2D eigenvalue weighted by Gasteiger charge is -2.25. The SMILES string of the molecule is Oc1ccc2c(c1)COc1c-2cc2ccc(O)cc2c1-c1cccc(OC(F)(F)F)c1. The van der Waals surface area contributed by atoms with E-state index >= 15 is 0 Å². The van der Waals surface area contributed by atoms with Crippen molar-refractivity contribution < 1.29 is 32.9 Å². The zero-order valence-electron chi connectivity index (χ0n) is 15.9. The molecule has 0 spiro atoms. The molecule has 5 rings (SSSR count). The van der Waals surface area contributed by atoms with E-state index in [1.807, 2.05) is 6.07 Å². The van der Waals surface area contributed by atoms with Gasteiger partial charge in [-0.05, 0) is 64.4 Å². The third kappa shape index (κ3) is 3.48. The minimum atomic E-state index is -4.81. The molecule has 1 aliphatic heterocycles. The molecule has 0 aromatic heterocycles. The van der Waals surface area contributed by atoms with Gasteiger partial charge in [0.1, 0.15) is 29.6 Å². The molecule has 0 atom stereocenters. The first-order valence-corrected chi connectivity index (χ1v) is 9.39. The van der Waals surface area contributed by atoms with Gasteiger partial charge in [-0.15, -0.1) is 13.2 Å². The highest BCUT2D eigenvalue weighted by molar-refractivity contribution is 6.05. The van der Waals surface area contributed by atoms with E-state index in [0.717, 1.165) is 22.1 Å². The molecule has 156 valence electrons. The summed E-state index contributed by atoms with van der Waals surface area (Å²) in [5, 5.41) is 21.3. The van der Waals surface area contributed by atoms with Crippen molar-refractivity contribution in [2.75, 3.05) is 0 Å². The second-order valence-electron chi connectivity index (χ2n) is 7.24. The van der Waals surface area contributed by atoms with Crippen LogP contribution in [0.15, 0.2) is 66.7 Å². The van der Waals surface area contributed by atoms with Gasteiger partial charge in [0.15, 0.2) is 0 Å². The van der Waals surface area contributed by atoms with Crippen LogP contribution in [0.25, 0.3) is 33.0 Å². The van der Waals surface area contributed by atoms with E-state index in [1.165, 1.54) is 18.2 Å². The Morgan fingerprint density at radius 1 is 0.839 bits per heavy atom. The number of phenols is 2. The van der Waals surface area contributed by atoms with E-state index in [-0.39, 0.29) is 23.9 Å². The van der Waals surface area contributed by atoms with Gasteiger partial charge in [0, 0.05) is 16.7 Å². The van der Waals surface area contributed by atoms with Gasteiger partial charge < -0.3 is 19.7 Å². The Morgan fingerprint density at radius 2 is 1.61 bits per heavy atom. The van der Waals surface area contributed by atoms with Crippen molar-refractivity contribution in [2.45, 2.75) is 13.0 Å². The molecule has 2 N–H and O–H groups in total. The highest BCUT2D eigenvalue weighted by Gasteiger charge is 2.31. The summed E-state index contributed by atoms with van der Waals surface area (Å²) in [7, 11) is 0. The largest absolute Gasteiger partial charge is 0.573 e. The molecule has 4 aromatic rings. The first kappa shape index (κ1) is 19.1. The standard InChI is InChI=1S/C24H15F3O4/c25-24(26,27)31-18-3-1-2-14(9-18)22-20-11-17(29)5-4-13(20)10-21-19-7-6-16(28)8-15(19)12-30-23(21)22/h1-11,28-29H,12H2. The summed E-state index contributed by atoms with van der Waals surface area (Å²) in [4.78, 5) is 0. The Kier molecular flexibility index (Phi) is 4.22. The molecule has 0 fully saturated rings. The van der Waals surface area contributed by atoms with Gasteiger partial charge in [-0.3, -0.25) is 0 Å². The molecule has 0 unspecified atom stereocenters. The highest BCUT2D eigenvalue weighted by atomic mass is 19.4. The summed E-state index contributed by atoms with van der Waals surface area (Å²) >= 11 is 0. The van der Waals surface area contributed by atoms with Crippen molar-refractivity contribution in [3.63, 3.8) is 0 Å². The van der Waals surface area contributed by atoms with Crippen LogP contribution in [0.1, 0.15) is 5.56 Å². The van der Waals surface area contributed by atoms with Crippen LogP contribution in [-0.4, -0.2) is 16.6 Å². The van der Waals surface area contributed by atoms with Crippen LogP contribution in [0, 0.1) is 0 Å². The van der Waals surface area contributed by atoms with Crippen LogP contribution >= 0.6 is 0 Å². The second-order valence-corrected chi connectivity index (χ2v) is 7.24. The van der Waals surface area contributed by atoms with Crippen LogP contribution in [0.5, 0.6) is 23.0 Å². The molecule has 4 nitrogen and oxygen atoms in total. The quantitative estimate of drug-likeness (QED) is 0.392. The topological polar surface area (TPSA) is 58.9 Å². The van der Waals surface area contributed by atoms with Gasteiger partial charge in [-0.25, -0.2) is 0 Å². The zero-order chi connectivity index (χ0) is 21.8. The van der Waals surface area contributed by atoms with Crippen LogP contribution in [-0.2, 0) is 6.61 Å². The molecule has 1 heterocycles. The number of aromatic hydroxyl groups is 2. The molecule has 1 aliphatic rings. The summed E-state index contributed by atoms with van der Waals surface area (Å²) in [5.74, 6) is 0.281. The van der Waals surface area contributed by atoms with E-state index in [2.05, 4.69) is 4.74 Å². The average Bonchev–Trinajstić information content (AvgIpc) is 2.70. The number of alkyl halides is 3. The maximum absolute atomic E-state index is 12.8. The lowest BCUT2D eigenvalue weighted by atomic mass is 9.88. The van der Waals surface area contributed by atoms with Gasteiger partial charge in [0.25, 0.3) is 0 Å². The molecule has 7 heteroatoms. The number of hydrogen-bond acceptors (Lipinski definition) is 4. The second kappa shape index (κ2) is 6.84. The van der Waals surface area contributed by atoms with E-state index in [0.29, 0.717) is 22.3 Å². The van der Waals surface area contributed by atoms with Crippen molar-refractivity contribution in [1.29, 1.82) is 0 Å². The Labute approximate surface area is 174 Å². The molecule has 0 saturated heterocycles. The Balaban J connectivity index is 1.80. The third-order valence-electron chi connectivity index (χ3n) is 5.19. The maximum Gasteiger partial charge on any atom is 0.573 e. The van der Waals surface area contributed by atoms with Crippen LogP contribution in [0.4, 0.5) is 13.2 Å². The molecule has 0 amide bonds. The van der Waals surface area contributed by atoms with E-state index in [4.69, 9.17) is 4.74 Å². The number of fused-ring (bicyclic) bond motifs is 4. The van der Waals surface area contributed by atoms with E-state index < -0.39 is 6.36 Å². The van der Waals surface area contributed by atoms with Gasteiger partial charge in [0.05, 0.1) is 0 Å². The summed E-state index contributed by atoms with van der Waals surface area (Å²) < 4.78 is 48.4. The fourth-order valence-electron chi connectivity index (χ4n) is 3.96. The molecule has 0 aliphatic carbocycles. The highest BCUT2D eigenvalue weighted by Crippen LogP contribution is 2.49. The Hall–Kier alpha value is -3.87. The molecule has 0 radical (unpaired) electrons. The van der Waals surface area contributed by atoms with Crippen LogP contribution < -0.4 is 9.47 Å². The first-order chi connectivity index (χ1) is 14.8. The lowest BCUT2D eigenvalue weighted by Crippen LogP contribution is -2.17. The van der Waals surface area contributed by atoms with Crippen molar-refractivity contribution in [3.05, 3.63) is 72.3 Å². The normalized spacial score (nSPS) is 12.7. The fraction of sp³-hybridized carbons (Fsp3) is 0.0833. The Bertz CT molecular complexity index is 1330. The smallest absolute Gasteiger partial charge is 0.508 e. The van der Waals surface area contributed by atoms with Crippen molar-refractivity contribution in [2.24, 2.45) is 0 Å². The van der Waals surface area contributed by atoms with Crippen LogP contribution in [0.3, 0.4) is 0 Å². The predicted molar refractivity (Wildman–Crippen MR) is 109 cm³/mol. The number of hydrogen-bond donors (Lipinski definition) is 2. The molecular weight excluding hydrogens is 409 g/mol. The van der Waals surface area contributed by atoms with Crippen molar-refractivity contribution in [3.8, 4) is 45.3 Å². The van der Waals surface area contributed by atoms with E-state index in [1.54, 1.807) is 42.5 Å². The number of rotatable bonds is 2. The molecule has 0 saturated carbocycles. The Morgan fingerprint density at radius 3 is 2.42 bits per heavy atom. The van der Waals surface area contributed by atoms with Gasteiger partial charge in [-0.1, -0.05) is 24.3 Å². The fourth-order valence-corrected chi connectivity index (χ4v) is 3.96. The summed E-state index contributed by atoms with van der Waals surface area (Å²) in [5.41, 5.74) is 3.41. The van der Waals surface area contributed by atoms with E-state index in [9.17, 15) is 23.4 Å². The molecule has 4 aromatic carbocycles. The summed E-state index contributed by atoms with van der Waals surface area (Å²) in [6.07, 6.45) is -4.81. The number of phenolic OH excluding ortho intramolecular Hbond substituents is 2. The van der Waals surface area contributed by atoms with Gasteiger partial charge in [-0.2, -0.15) is 0 Å². The number of ether oxygens (including phenoxy) is 2. The molecule has 0 bridgehead atoms. The lowest BCUT2D eigenvalue weighted by molar-refractivity contribution is -0.274. The molecule has 31 heavy (non-hydrogen) atoms. The van der Waals surface area contributed by atoms with Gasteiger partial charge >= 0.3 is 6.36 Å². The molecular formula is C24H15F3O4. The predicted octanol–water partition coefficient (Wildman–Crippen LogP) is 6.38. The van der Waals surface area contributed by atoms with Crippen molar-refractivity contribution >= 4 is 10.8 Å². The monoisotopic (exact) mass is 424 g/mol. The first-order valence-electron chi connectivity index (χ1n) is 9.39. The zero-order valence-corrected chi connectivity index (χ0v) is 15.9.